The molecule has 1 aromatic heterocycles. The molecule has 0 spiro atoms. The van der Waals surface area contributed by atoms with Crippen LogP contribution < -0.4 is 5.73 Å². The van der Waals surface area contributed by atoms with Crippen molar-refractivity contribution in [1.29, 1.82) is 5.41 Å². The Kier molecular flexibility index (Phi) is 4.43. The maximum atomic E-state index is 14.1. The van der Waals surface area contributed by atoms with E-state index < -0.39 is 23.8 Å². The molecule has 3 rings (SSSR count). The molecule has 1 aliphatic heterocycles. The Morgan fingerprint density at radius 1 is 1.36 bits per heavy atom. The molecule has 25 heavy (non-hydrogen) atoms. The van der Waals surface area contributed by atoms with Gasteiger partial charge in [0.2, 0.25) is 0 Å². The molecule has 1 aromatic carbocycles. The molecule has 1 saturated heterocycles. The third kappa shape index (κ3) is 3.19. The van der Waals surface area contributed by atoms with Gasteiger partial charge in [0.15, 0.2) is 6.29 Å². The fraction of sp³-hybridized carbons (Fsp3) is 0.235. The Labute approximate surface area is 141 Å². The summed E-state index contributed by atoms with van der Waals surface area (Å²) in [5, 5.41) is 8.34. The monoisotopic (exact) mass is 348 g/mol. The van der Waals surface area contributed by atoms with Crippen LogP contribution >= 0.6 is 0 Å². The van der Waals surface area contributed by atoms with Crippen molar-refractivity contribution in [2.45, 2.75) is 18.6 Å². The van der Waals surface area contributed by atoms with Crippen LogP contribution in [0.15, 0.2) is 30.5 Å². The Balaban J connectivity index is 2.01. The molecule has 2 atom stereocenters. The third-order valence-corrected chi connectivity index (χ3v) is 4.19. The molecule has 0 aliphatic carbocycles. The number of anilines is 1. The summed E-state index contributed by atoms with van der Waals surface area (Å²) in [4.78, 5) is 16.1. The summed E-state index contributed by atoms with van der Waals surface area (Å²) in [6, 6.07) is 3.47. The maximum absolute atomic E-state index is 14.1. The SMILES string of the molecule is N=C(c1cc(C=O)cnc1N)N1C[C@@H](F)C[C@@H]1c1cc(F)ccc1F. The smallest absolute Gasteiger partial charge is 0.151 e. The number of carbonyl (C=O) groups excluding carboxylic acids is 1. The Hall–Kier alpha value is -2.90. The van der Waals surface area contributed by atoms with Crippen LogP contribution in [0.25, 0.3) is 0 Å². The van der Waals surface area contributed by atoms with Gasteiger partial charge in [-0.2, -0.15) is 0 Å². The standard InChI is InChI=1S/C17H15F3N4O/c18-10-1-2-14(20)12(4-10)15-5-11(19)7-24(15)17(22)13-3-9(8-25)6-23-16(13)21/h1-4,6,8,11,15,22H,5,7H2,(H2,21,23)/t11-,15+/m0/s1. The topological polar surface area (TPSA) is 83.1 Å². The number of nitrogens with two attached hydrogens (primary N) is 1. The molecule has 8 heteroatoms. The second-order valence-corrected chi connectivity index (χ2v) is 5.83. The number of alkyl halides is 1. The molecule has 2 aromatic rings. The zero-order valence-electron chi connectivity index (χ0n) is 13.0. The van der Waals surface area contributed by atoms with E-state index in [2.05, 4.69) is 4.98 Å². The number of nitrogen functional groups attached to an aromatic ring is 1. The van der Waals surface area contributed by atoms with Gasteiger partial charge in [-0.3, -0.25) is 10.2 Å². The molecule has 5 nitrogen and oxygen atoms in total. The minimum Gasteiger partial charge on any atom is -0.383 e. The molecule has 0 radical (unpaired) electrons. The second-order valence-electron chi connectivity index (χ2n) is 5.83. The van der Waals surface area contributed by atoms with Crippen LogP contribution in [0.5, 0.6) is 0 Å². The zero-order valence-corrected chi connectivity index (χ0v) is 13.0. The first-order valence-electron chi connectivity index (χ1n) is 7.56. The van der Waals surface area contributed by atoms with E-state index in [1.807, 2.05) is 0 Å². The summed E-state index contributed by atoms with van der Waals surface area (Å²) >= 11 is 0. The van der Waals surface area contributed by atoms with Crippen LogP contribution in [0.4, 0.5) is 19.0 Å². The predicted molar refractivity (Wildman–Crippen MR) is 86.2 cm³/mol. The first-order valence-corrected chi connectivity index (χ1v) is 7.56. The second kappa shape index (κ2) is 6.54. The van der Waals surface area contributed by atoms with Crippen molar-refractivity contribution in [3.05, 3.63) is 58.8 Å². The van der Waals surface area contributed by atoms with Gasteiger partial charge in [-0.25, -0.2) is 18.2 Å². The number of benzene rings is 1. The summed E-state index contributed by atoms with van der Waals surface area (Å²) in [6.07, 6.45) is 0.416. The van der Waals surface area contributed by atoms with Crippen molar-refractivity contribution in [2.24, 2.45) is 0 Å². The predicted octanol–water partition coefficient (Wildman–Crippen LogP) is 2.86. The van der Waals surface area contributed by atoms with Gasteiger partial charge in [0.1, 0.15) is 29.5 Å². The van der Waals surface area contributed by atoms with Crippen LogP contribution in [0.1, 0.15) is 33.9 Å². The Bertz CT molecular complexity index is 843. The van der Waals surface area contributed by atoms with Crippen molar-refractivity contribution in [3.8, 4) is 0 Å². The molecule has 130 valence electrons. The molecule has 0 amide bonds. The van der Waals surface area contributed by atoms with Crippen molar-refractivity contribution in [2.75, 3.05) is 12.3 Å². The number of halogens is 3. The number of nitrogens with one attached hydrogen (secondary N) is 1. The molecule has 0 bridgehead atoms. The fourth-order valence-corrected chi connectivity index (χ4v) is 3.00. The lowest BCUT2D eigenvalue weighted by Gasteiger charge is -2.27. The average Bonchev–Trinajstić information content (AvgIpc) is 2.98. The highest BCUT2D eigenvalue weighted by Gasteiger charge is 2.37. The van der Waals surface area contributed by atoms with Crippen molar-refractivity contribution >= 4 is 17.9 Å². The van der Waals surface area contributed by atoms with Crippen LogP contribution in [0.3, 0.4) is 0 Å². The van der Waals surface area contributed by atoms with Crippen LogP contribution in [-0.4, -0.2) is 34.7 Å². The summed E-state index contributed by atoms with van der Waals surface area (Å²) in [5.74, 6) is -1.51. The zero-order chi connectivity index (χ0) is 18.1. The number of hydrogen-bond donors (Lipinski definition) is 2. The molecule has 0 unspecified atom stereocenters. The number of rotatable bonds is 3. The molecule has 1 fully saturated rings. The summed E-state index contributed by atoms with van der Waals surface area (Å²) in [5.41, 5.74) is 6.08. The van der Waals surface area contributed by atoms with Crippen molar-refractivity contribution in [1.82, 2.24) is 9.88 Å². The van der Waals surface area contributed by atoms with Crippen molar-refractivity contribution < 1.29 is 18.0 Å². The fourth-order valence-electron chi connectivity index (χ4n) is 3.00. The molecule has 2 heterocycles. The average molecular weight is 348 g/mol. The Morgan fingerprint density at radius 3 is 2.84 bits per heavy atom. The number of aldehydes is 1. The van der Waals surface area contributed by atoms with Crippen LogP contribution in [-0.2, 0) is 0 Å². The molecule has 1 aliphatic rings. The van der Waals surface area contributed by atoms with E-state index >= 15 is 0 Å². The number of nitrogens with zero attached hydrogens (tertiary/aromatic N) is 2. The first-order chi connectivity index (χ1) is 11.9. The molecule has 3 N–H and O–H groups in total. The normalized spacial score (nSPS) is 19.9. The lowest BCUT2D eigenvalue weighted by Crippen LogP contribution is -2.32. The number of likely N-dealkylation sites (tertiary alicyclic amines) is 1. The number of carbonyl (C=O) groups is 1. The van der Waals surface area contributed by atoms with Gasteiger partial charge >= 0.3 is 0 Å². The Morgan fingerprint density at radius 2 is 2.12 bits per heavy atom. The largest absolute Gasteiger partial charge is 0.383 e. The summed E-state index contributed by atoms with van der Waals surface area (Å²) in [7, 11) is 0. The van der Waals surface area contributed by atoms with E-state index in [1.165, 1.54) is 17.2 Å². The van der Waals surface area contributed by atoms with E-state index in [0.29, 0.717) is 6.29 Å². The highest BCUT2D eigenvalue weighted by molar-refractivity contribution is 6.01. The van der Waals surface area contributed by atoms with Crippen molar-refractivity contribution in [3.63, 3.8) is 0 Å². The van der Waals surface area contributed by atoms with E-state index in [0.717, 1.165) is 18.2 Å². The lowest BCUT2D eigenvalue weighted by molar-refractivity contribution is 0.112. The van der Waals surface area contributed by atoms with Gasteiger partial charge in [-0.15, -0.1) is 0 Å². The van der Waals surface area contributed by atoms with Gasteiger partial charge in [-0.05, 0) is 24.3 Å². The van der Waals surface area contributed by atoms with Gasteiger partial charge < -0.3 is 10.6 Å². The molecule has 0 saturated carbocycles. The van der Waals surface area contributed by atoms with Crippen LogP contribution in [0.2, 0.25) is 0 Å². The molecular formula is C17H15F3N4O. The highest BCUT2D eigenvalue weighted by atomic mass is 19.1. The van der Waals surface area contributed by atoms with Gasteiger partial charge in [0, 0.05) is 23.7 Å². The van der Waals surface area contributed by atoms with E-state index in [4.69, 9.17) is 11.1 Å². The minimum atomic E-state index is -1.31. The lowest BCUT2D eigenvalue weighted by atomic mass is 10.0. The molecular weight excluding hydrogens is 333 g/mol. The number of pyridine rings is 1. The van der Waals surface area contributed by atoms with Gasteiger partial charge in [0.25, 0.3) is 0 Å². The van der Waals surface area contributed by atoms with Gasteiger partial charge in [-0.1, -0.05) is 0 Å². The number of hydrogen-bond acceptors (Lipinski definition) is 4. The number of aromatic nitrogens is 1. The van der Waals surface area contributed by atoms with Crippen LogP contribution in [0, 0.1) is 17.0 Å². The van der Waals surface area contributed by atoms with E-state index in [9.17, 15) is 18.0 Å². The first kappa shape index (κ1) is 16.9. The highest BCUT2D eigenvalue weighted by Crippen LogP contribution is 2.36. The quantitative estimate of drug-likeness (QED) is 0.508. The van der Waals surface area contributed by atoms with E-state index in [1.54, 1.807) is 0 Å². The van der Waals surface area contributed by atoms with Gasteiger partial charge in [0.05, 0.1) is 18.2 Å². The maximum Gasteiger partial charge on any atom is 0.151 e. The summed E-state index contributed by atoms with van der Waals surface area (Å²) in [6.45, 7) is -0.162. The minimum absolute atomic E-state index is 0.00336. The third-order valence-electron chi connectivity index (χ3n) is 4.19. The number of amidine groups is 1. The van der Waals surface area contributed by atoms with E-state index in [-0.39, 0.29) is 41.3 Å². The summed E-state index contributed by atoms with van der Waals surface area (Å²) < 4.78 is 41.6.